The van der Waals surface area contributed by atoms with Gasteiger partial charge in [-0.2, -0.15) is 5.10 Å². The Hall–Kier alpha value is -3.05. The third-order valence-electron chi connectivity index (χ3n) is 3.92. The number of amides is 2. The molecular weight excluding hydrogens is 396 g/mol. The predicted octanol–water partition coefficient (Wildman–Crippen LogP) is 3.49. The number of carbonyl (C=O) groups is 1. The Morgan fingerprint density at radius 2 is 2.14 bits per heavy atom. The SMILES string of the molecule is Cc1cc(NC(=O)Nc2ncc(CCNc3ncnc4ccsc34)s2)n(C)n1. The van der Waals surface area contributed by atoms with E-state index in [9.17, 15) is 4.79 Å². The molecule has 2 amide bonds. The molecule has 0 saturated carbocycles. The molecular formula is C17H18N8OS2. The zero-order valence-electron chi connectivity index (χ0n) is 15.3. The highest BCUT2D eigenvalue weighted by Crippen LogP contribution is 2.25. The number of nitrogens with zero attached hydrogens (tertiary/aromatic N) is 5. The standard InChI is InChI=1S/C17H18N8OS2/c1-10-7-13(25(2)24-10)22-16(26)23-17-19-8-11(28-17)3-5-18-15-14-12(4-6-27-14)20-9-21-15/h4,6-9H,3,5H2,1-2H3,(H,18,20,21)(H2,19,22,23,26). The van der Waals surface area contributed by atoms with Crippen molar-refractivity contribution in [2.24, 2.45) is 7.05 Å². The van der Waals surface area contributed by atoms with E-state index in [1.54, 1.807) is 41.7 Å². The number of nitrogens with one attached hydrogen (secondary N) is 3. The summed E-state index contributed by atoms with van der Waals surface area (Å²) in [6.07, 6.45) is 4.12. The van der Waals surface area contributed by atoms with Gasteiger partial charge < -0.3 is 5.32 Å². The fraction of sp³-hybridized carbons (Fsp3) is 0.235. The number of hydrogen-bond donors (Lipinski definition) is 3. The second kappa shape index (κ2) is 7.90. The highest BCUT2D eigenvalue weighted by molar-refractivity contribution is 7.17. The molecule has 0 saturated heterocycles. The van der Waals surface area contributed by atoms with Crippen LogP contribution in [0.4, 0.5) is 21.6 Å². The van der Waals surface area contributed by atoms with Gasteiger partial charge in [0, 0.05) is 37.2 Å². The molecule has 4 aromatic rings. The van der Waals surface area contributed by atoms with Gasteiger partial charge in [0.05, 0.1) is 15.9 Å². The number of aryl methyl sites for hydroxylation is 2. The van der Waals surface area contributed by atoms with Crippen LogP contribution in [0.5, 0.6) is 0 Å². The van der Waals surface area contributed by atoms with Crippen LogP contribution in [0, 0.1) is 6.92 Å². The summed E-state index contributed by atoms with van der Waals surface area (Å²) < 4.78 is 2.67. The van der Waals surface area contributed by atoms with E-state index in [0.29, 0.717) is 17.5 Å². The van der Waals surface area contributed by atoms with Crippen LogP contribution in [0.25, 0.3) is 10.2 Å². The molecule has 9 nitrogen and oxygen atoms in total. The van der Waals surface area contributed by atoms with Crippen LogP contribution in [0.3, 0.4) is 0 Å². The Morgan fingerprint density at radius 3 is 2.96 bits per heavy atom. The maximum atomic E-state index is 12.1. The van der Waals surface area contributed by atoms with Gasteiger partial charge in [-0.15, -0.1) is 22.7 Å². The molecule has 4 aromatic heterocycles. The van der Waals surface area contributed by atoms with Gasteiger partial charge in [-0.1, -0.05) is 0 Å². The second-order valence-electron chi connectivity index (χ2n) is 6.04. The molecule has 144 valence electrons. The first-order valence-electron chi connectivity index (χ1n) is 8.54. The van der Waals surface area contributed by atoms with Gasteiger partial charge in [-0.05, 0) is 18.4 Å². The van der Waals surface area contributed by atoms with Gasteiger partial charge in [-0.3, -0.25) is 15.3 Å². The topological polar surface area (TPSA) is 110 Å². The second-order valence-corrected chi connectivity index (χ2v) is 8.07. The van der Waals surface area contributed by atoms with E-state index in [1.165, 1.54) is 11.3 Å². The smallest absolute Gasteiger partial charge is 0.326 e. The molecule has 3 N–H and O–H groups in total. The summed E-state index contributed by atoms with van der Waals surface area (Å²) in [5, 5.41) is 15.6. The molecule has 0 aromatic carbocycles. The quantitative estimate of drug-likeness (QED) is 0.446. The third kappa shape index (κ3) is 4.10. The molecule has 0 aliphatic rings. The van der Waals surface area contributed by atoms with Crippen LogP contribution in [0.1, 0.15) is 10.6 Å². The monoisotopic (exact) mass is 414 g/mol. The van der Waals surface area contributed by atoms with Crippen LogP contribution in [-0.2, 0) is 13.5 Å². The summed E-state index contributed by atoms with van der Waals surface area (Å²) in [6.45, 7) is 2.58. The van der Waals surface area contributed by atoms with Crippen LogP contribution in [0.2, 0.25) is 0 Å². The summed E-state index contributed by atoms with van der Waals surface area (Å²) in [6, 6.07) is 3.44. The van der Waals surface area contributed by atoms with Crippen molar-refractivity contribution in [3.8, 4) is 0 Å². The molecule has 0 spiro atoms. The summed E-state index contributed by atoms with van der Waals surface area (Å²) >= 11 is 3.06. The van der Waals surface area contributed by atoms with Crippen molar-refractivity contribution in [2.75, 3.05) is 22.5 Å². The number of anilines is 3. The summed E-state index contributed by atoms with van der Waals surface area (Å²) in [5.41, 5.74) is 1.78. The number of urea groups is 1. The fourth-order valence-corrected chi connectivity index (χ4v) is 4.29. The molecule has 4 heterocycles. The van der Waals surface area contributed by atoms with Gasteiger partial charge in [0.15, 0.2) is 5.13 Å². The Kier molecular flexibility index (Phi) is 5.17. The zero-order chi connectivity index (χ0) is 19.5. The van der Waals surface area contributed by atoms with Gasteiger partial charge >= 0.3 is 6.03 Å². The lowest BCUT2D eigenvalue weighted by molar-refractivity contribution is 0.262. The normalized spacial score (nSPS) is 10.9. The minimum absolute atomic E-state index is 0.344. The molecule has 0 radical (unpaired) electrons. The third-order valence-corrected chi connectivity index (χ3v) is 5.81. The van der Waals surface area contributed by atoms with Gasteiger partial charge in [0.2, 0.25) is 0 Å². The van der Waals surface area contributed by atoms with Crippen LogP contribution in [0.15, 0.2) is 30.0 Å². The molecule has 11 heteroatoms. The Labute approximate surface area is 168 Å². The summed E-state index contributed by atoms with van der Waals surface area (Å²) in [5.74, 6) is 1.47. The largest absolute Gasteiger partial charge is 0.368 e. The lowest BCUT2D eigenvalue weighted by Crippen LogP contribution is -2.20. The molecule has 4 rings (SSSR count). The minimum Gasteiger partial charge on any atom is -0.368 e. The van der Waals surface area contributed by atoms with E-state index in [4.69, 9.17) is 0 Å². The molecule has 0 aliphatic heterocycles. The van der Waals surface area contributed by atoms with Gasteiger partial charge in [-0.25, -0.2) is 19.7 Å². The van der Waals surface area contributed by atoms with E-state index >= 15 is 0 Å². The molecule has 0 fully saturated rings. The Morgan fingerprint density at radius 1 is 1.25 bits per heavy atom. The Balaban J connectivity index is 1.30. The van der Waals surface area contributed by atoms with Crippen molar-refractivity contribution in [3.05, 3.63) is 40.6 Å². The first kappa shape index (κ1) is 18.3. The van der Waals surface area contributed by atoms with E-state index in [1.807, 2.05) is 18.4 Å². The number of aromatic nitrogens is 5. The lowest BCUT2D eigenvalue weighted by Gasteiger charge is -2.05. The van der Waals surface area contributed by atoms with Crippen LogP contribution < -0.4 is 16.0 Å². The van der Waals surface area contributed by atoms with E-state index in [2.05, 4.69) is 36.0 Å². The van der Waals surface area contributed by atoms with Crippen molar-refractivity contribution >= 4 is 55.7 Å². The molecule has 0 aliphatic carbocycles. The van der Waals surface area contributed by atoms with E-state index in [0.717, 1.165) is 33.0 Å². The summed E-state index contributed by atoms with van der Waals surface area (Å²) in [7, 11) is 1.78. The summed E-state index contributed by atoms with van der Waals surface area (Å²) in [4.78, 5) is 26.0. The average molecular weight is 415 g/mol. The van der Waals surface area contributed by atoms with Gasteiger partial charge in [0.25, 0.3) is 0 Å². The predicted molar refractivity (Wildman–Crippen MR) is 112 cm³/mol. The average Bonchev–Trinajstić information content (AvgIpc) is 3.36. The van der Waals surface area contributed by atoms with E-state index < -0.39 is 0 Å². The number of thiophene rings is 1. The maximum Gasteiger partial charge on any atom is 0.326 e. The highest BCUT2D eigenvalue weighted by atomic mass is 32.1. The minimum atomic E-state index is -0.344. The Bertz CT molecular complexity index is 1120. The number of carbonyl (C=O) groups excluding carboxylic acids is 1. The van der Waals surface area contributed by atoms with Crippen molar-refractivity contribution in [2.45, 2.75) is 13.3 Å². The molecule has 0 bridgehead atoms. The lowest BCUT2D eigenvalue weighted by atomic mass is 10.3. The van der Waals surface area contributed by atoms with Crippen molar-refractivity contribution < 1.29 is 4.79 Å². The highest BCUT2D eigenvalue weighted by Gasteiger charge is 2.10. The first-order valence-corrected chi connectivity index (χ1v) is 10.2. The molecule has 28 heavy (non-hydrogen) atoms. The van der Waals surface area contributed by atoms with E-state index in [-0.39, 0.29) is 6.03 Å². The molecule has 0 atom stereocenters. The van der Waals surface area contributed by atoms with Crippen molar-refractivity contribution in [1.29, 1.82) is 0 Å². The van der Waals surface area contributed by atoms with Crippen LogP contribution >= 0.6 is 22.7 Å². The maximum absolute atomic E-state index is 12.1. The van der Waals surface area contributed by atoms with Gasteiger partial charge in [0.1, 0.15) is 18.0 Å². The van der Waals surface area contributed by atoms with Crippen molar-refractivity contribution in [3.63, 3.8) is 0 Å². The van der Waals surface area contributed by atoms with Crippen LogP contribution in [-0.4, -0.2) is 37.3 Å². The molecule has 0 unspecified atom stereocenters. The first-order chi connectivity index (χ1) is 13.6. The number of thiazole rings is 1. The number of rotatable bonds is 6. The number of fused-ring (bicyclic) bond motifs is 1. The number of hydrogen-bond acceptors (Lipinski definition) is 8. The van der Waals surface area contributed by atoms with Crippen molar-refractivity contribution in [1.82, 2.24) is 24.7 Å². The zero-order valence-corrected chi connectivity index (χ0v) is 16.9. The fourth-order valence-electron chi connectivity index (χ4n) is 2.67.